The van der Waals surface area contributed by atoms with Crippen molar-refractivity contribution in [2.45, 2.75) is 65.3 Å². The SMILES string of the molecule is CCCCC(=O)N1CCC(NCCC)C(CC)C1. The Kier molecular flexibility index (Phi) is 7.33. The minimum absolute atomic E-state index is 0.365. The number of piperidine rings is 1. The fourth-order valence-corrected chi connectivity index (χ4v) is 2.76. The third-order valence-corrected chi connectivity index (χ3v) is 4.01. The lowest BCUT2D eigenvalue weighted by Gasteiger charge is -2.39. The Labute approximate surface area is 112 Å². The molecule has 0 bridgehead atoms. The van der Waals surface area contributed by atoms with Crippen LogP contribution in [0.25, 0.3) is 0 Å². The van der Waals surface area contributed by atoms with Crippen LogP contribution < -0.4 is 5.32 Å². The zero-order valence-electron chi connectivity index (χ0n) is 12.4. The van der Waals surface area contributed by atoms with Crippen molar-refractivity contribution in [2.75, 3.05) is 19.6 Å². The third-order valence-electron chi connectivity index (χ3n) is 4.01. The maximum Gasteiger partial charge on any atom is 0.222 e. The molecule has 106 valence electrons. The maximum absolute atomic E-state index is 12.0. The van der Waals surface area contributed by atoms with Gasteiger partial charge in [0, 0.05) is 25.6 Å². The van der Waals surface area contributed by atoms with Gasteiger partial charge >= 0.3 is 0 Å². The number of nitrogens with one attached hydrogen (secondary N) is 1. The lowest BCUT2D eigenvalue weighted by Crippen LogP contribution is -2.51. The third kappa shape index (κ3) is 4.60. The average Bonchev–Trinajstić information content (AvgIpc) is 2.42. The summed E-state index contributed by atoms with van der Waals surface area (Å²) >= 11 is 0. The van der Waals surface area contributed by atoms with Crippen LogP contribution in [-0.2, 0) is 4.79 Å². The molecule has 3 nitrogen and oxygen atoms in total. The topological polar surface area (TPSA) is 32.3 Å². The first-order valence-electron chi connectivity index (χ1n) is 7.74. The summed E-state index contributed by atoms with van der Waals surface area (Å²) < 4.78 is 0. The molecule has 3 heteroatoms. The molecule has 0 radical (unpaired) electrons. The van der Waals surface area contributed by atoms with Crippen LogP contribution in [0.1, 0.15) is 59.3 Å². The number of hydrogen-bond acceptors (Lipinski definition) is 2. The molecule has 1 saturated heterocycles. The summed E-state index contributed by atoms with van der Waals surface area (Å²) in [6.07, 6.45) is 6.35. The van der Waals surface area contributed by atoms with E-state index in [1.807, 2.05) is 0 Å². The van der Waals surface area contributed by atoms with Gasteiger partial charge in [-0.2, -0.15) is 0 Å². The highest BCUT2D eigenvalue weighted by Crippen LogP contribution is 2.21. The highest BCUT2D eigenvalue weighted by molar-refractivity contribution is 5.76. The molecular formula is C15H30N2O. The first-order chi connectivity index (χ1) is 8.72. The second kappa shape index (κ2) is 8.52. The molecule has 0 aromatic carbocycles. The Morgan fingerprint density at radius 2 is 2.06 bits per heavy atom. The number of carbonyl (C=O) groups is 1. The number of unbranched alkanes of at least 4 members (excludes halogenated alkanes) is 1. The lowest BCUT2D eigenvalue weighted by atomic mass is 9.89. The molecule has 1 heterocycles. The van der Waals surface area contributed by atoms with Crippen molar-refractivity contribution in [1.29, 1.82) is 0 Å². The monoisotopic (exact) mass is 254 g/mol. The molecule has 1 aliphatic heterocycles. The second-order valence-electron chi connectivity index (χ2n) is 5.46. The summed E-state index contributed by atoms with van der Waals surface area (Å²) in [6, 6.07) is 0.616. The van der Waals surface area contributed by atoms with Gasteiger partial charge in [0.15, 0.2) is 0 Å². The fraction of sp³-hybridized carbons (Fsp3) is 0.933. The smallest absolute Gasteiger partial charge is 0.222 e. The second-order valence-corrected chi connectivity index (χ2v) is 5.46. The van der Waals surface area contributed by atoms with E-state index in [0.717, 1.165) is 45.3 Å². The maximum atomic E-state index is 12.0. The Morgan fingerprint density at radius 1 is 1.28 bits per heavy atom. The molecule has 1 rings (SSSR count). The minimum Gasteiger partial charge on any atom is -0.342 e. The molecule has 2 atom stereocenters. The minimum atomic E-state index is 0.365. The molecule has 1 N–H and O–H groups in total. The average molecular weight is 254 g/mol. The molecule has 0 aromatic rings. The Balaban J connectivity index is 2.42. The van der Waals surface area contributed by atoms with E-state index in [9.17, 15) is 4.79 Å². The van der Waals surface area contributed by atoms with E-state index < -0.39 is 0 Å². The molecule has 2 unspecified atom stereocenters. The van der Waals surface area contributed by atoms with Crippen molar-refractivity contribution < 1.29 is 4.79 Å². The first kappa shape index (κ1) is 15.5. The van der Waals surface area contributed by atoms with E-state index in [-0.39, 0.29) is 0 Å². The van der Waals surface area contributed by atoms with Gasteiger partial charge in [-0.05, 0) is 31.7 Å². The molecular weight excluding hydrogens is 224 g/mol. The van der Waals surface area contributed by atoms with E-state index in [4.69, 9.17) is 0 Å². The van der Waals surface area contributed by atoms with E-state index in [0.29, 0.717) is 17.9 Å². The molecule has 0 aromatic heterocycles. The molecule has 1 fully saturated rings. The molecule has 0 saturated carbocycles. The summed E-state index contributed by atoms with van der Waals surface area (Å²) in [5.41, 5.74) is 0. The van der Waals surface area contributed by atoms with E-state index >= 15 is 0 Å². The summed E-state index contributed by atoms with van der Waals surface area (Å²) in [7, 11) is 0. The van der Waals surface area contributed by atoms with Crippen molar-refractivity contribution in [3.63, 3.8) is 0 Å². The van der Waals surface area contributed by atoms with Gasteiger partial charge in [0.1, 0.15) is 0 Å². The standard InChI is InChI=1S/C15H30N2O/c1-4-7-8-15(18)17-11-9-14(16-10-5-2)13(6-3)12-17/h13-14,16H,4-12H2,1-3H3. The molecule has 18 heavy (non-hydrogen) atoms. The number of nitrogens with zero attached hydrogens (tertiary/aromatic N) is 1. The van der Waals surface area contributed by atoms with Crippen LogP contribution in [0.3, 0.4) is 0 Å². The van der Waals surface area contributed by atoms with Crippen LogP contribution in [0.2, 0.25) is 0 Å². The fourth-order valence-electron chi connectivity index (χ4n) is 2.76. The molecule has 1 amide bonds. The zero-order chi connectivity index (χ0) is 13.4. The van der Waals surface area contributed by atoms with E-state index in [2.05, 4.69) is 31.0 Å². The van der Waals surface area contributed by atoms with Gasteiger partial charge in [-0.15, -0.1) is 0 Å². The highest BCUT2D eigenvalue weighted by Gasteiger charge is 2.29. The van der Waals surface area contributed by atoms with Gasteiger partial charge in [0.25, 0.3) is 0 Å². The molecule has 0 aliphatic carbocycles. The van der Waals surface area contributed by atoms with Crippen molar-refractivity contribution in [3.05, 3.63) is 0 Å². The van der Waals surface area contributed by atoms with Gasteiger partial charge in [0.2, 0.25) is 5.91 Å². The molecule has 0 spiro atoms. The van der Waals surface area contributed by atoms with Gasteiger partial charge in [-0.25, -0.2) is 0 Å². The van der Waals surface area contributed by atoms with Gasteiger partial charge in [-0.1, -0.05) is 33.6 Å². The predicted molar refractivity (Wildman–Crippen MR) is 76.6 cm³/mol. The Morgan fingerprint density at radius 3 is 2.67 bits per heavy atom. The highest BCUT2D eigenvalue weighted by atomic mass is 16.2. The van der Waals surface area contributed by atoms with Crippen LogP contribution in [0, 0.1) is 5.92 Å². The van der Waals surface area contributed by atoms with Crippen molar-refractivity contribution >= 4 is 5.91 Å². The zero-order valence-corrected chi connectivity index (χ0v) is 12.4. The van der Waals surface area contributed by atoms with Gasteiger partial charge < -0.3 is 10.2 Å². The van der Waals surface area contributed by atoms with Crippen molar-refractivity contribution in [1.82, 2.24) is 10.2 Å². The summed E-state index contributed by atoms with van der Waals surface area (Å²) in [5.74, 6) is 1.00. The lowest BCUT2D eigenvalue weighted by molar-refractivity contribution is -0.133. The van der Waals surface area contributed by atoms with E-state index in [1.165, 1.54) is 12.8 Å². The van der Waals surface area contributed by atoms with Crippen molar-refractivity contribution in [3.8, 4) is 0 Å². The van der Waals surface area contributed by atoms with Crippen molar-refractivity contribution in [2.24, 2.45) is 5.92 Å². The number of carbonyl (C=O) groups excluding carboxylic acids is 1. The van der Waals surface area contributed by atoms with Crippen LogP contribution in [-0.4, -0.2) is 36.5 Å². The summed E-state index contributed by atoms with van der Waals surface area (Å²) in [4.78, 5) is 14.1. The van der Waals surface area contributed by atoms with Crippen LogP contribution in [0.4, 0.5) is 0 Å². The quantitative estimate of drug-likeness (QED) is 0.757. The number of hydrogen-bond donors (Lipinski definition) is 1. The summed E-state index contributed by atoms with van der Waals surface area (Å²) in [6.45, 7) is 9.59. The van der Waals surface area contributed by atoms with Crippen LogP contribution >= 0.6 is 0 Å². The normalized spacial score (nSPS) is 24.3. The van der Waals surface area contributed by atoms with Crippen LogP contribution in [0.15, 0.2) is 0 Å². The van der Waals surface area contributed by atoms with E-state index in [1.54, 1.807) is 0 Å². The predicted octanol–water partition coefficient (Wildman–Crippen LogP) is 2.80. The largest absolute Gasteiger partial charge is 0.342 e. The number of rotatable bonds is 7. The molecule has 1 aliphatic rings. The summed E-state index contributed by atoms with van der Waals surface area (Å²) in [5, 5.41) is 3.64. The van der Waals surface area contributed by atoms with Gasteiger partial charge in [0.05, 0.1) is 0 Å². The number of amides is 1. The Hall–Kier alpha value is -0.570. The number of likely N-dealkylation sites (tertiary alicyclic amines) is 1. The van der Waals surface area contributed by atoms with Crippen LogP contribution in [0.5, 0.6) is 0 Å². The first-order valence-corrected chi connectivity index (χ1v) is 7.74. The van der Waals surface area contributed by atoms with Gasteiger partial charge in [-0.3, -0.25) is 4.79 Å². The Bertz CT molecular complexity index is 243.